The van der Waals surface area contributed by atoms with E-state index in [9.17, 15) is 4.39 Å². The van der Waals surface area contributed by atoms with Crippen LogP contribution in [0.5, 0.6) is 0 Å². The first-order valence-corrected chi connectivity index (χ1v) is 7.37. The summed E-state index contributed by atoms with van der Waals surface area (Å²) in [6, 6.07) is 7.11. The lowest BCUT2D eigenvalue weighted by Crippen LogP contribution is -2.43. The van der Waals surface area contributed by atoms with Gasteiger partial charge in [0.25, 0.3) is 0 Å². The Labute approximate surface area is 120 Å². The summed E-state index contributed by atoms with van der Waals surface area (Å²) in [5, 5.41) is 12.6. The Hall–Kier alpha value is -1.44. The van der Waals surface area contributed by atoms with Crippen molar-refractivity contribution in [1.82, 2.24) is 10.2 Å². The molecule has 1 unspecified atom stereocenters. The van der Waals surface area contributed by atoms with Crippen molar-refractivity contribution in [2.45, 2.75) is 38.8 Å². The highest BCUT2D eigenvalue weighted by Gasteiger charge is 2.16. The van der Waals surface area contributed by atoms with E-state index in [1.54, 1.807) is 6.07 Å². The van der Waals surface area contributed by atoms with E-state index in [2.05, 4.69) is 23.2 Å². The number of benzene rings is 1. The van der Waals surface area contributed by atoms with Gasteiger partial charge in [0.15, 0.2) is 0 Å². The van der Waals surface area contributed by atoms with E-state index >= 15 is 0 Å². The molecule has 20 heavy (non-hydrogen) atoms. The standard InChI is InChI=1S/C16H22FN3/c1-2-20(12-16-5-3-4-8-19-16)11-13-6-7-15(17)9-14(13)10-18/h6-7,9,16,19H,2-5,8,11-12H2,1H3. The summed E-state index contributed by atoms with van der Waals surface area (Å²) in [6.45, 7) is 5.84. The van der Waals surface area contributed by atoms with Crippen molar-refractivity contribution in [1.29, 1.82) is 5.26 Å². The minimum Gasteiger partial charge on any atom is -0.313 e. The lowest BCUT2D eigenvalue weighted by Gasteiger charge is -2.30. The molecule has 108 valence electrons. The van der Waals surface area contributed by atoms with E-state index in [4.69, 9.17) is 5.26 Å². The Morgan fingerprint density at radius 1 is 1.45 bits per heavy atom. The summed E-state index contributed by atoms with van der Waals surface area (Å²) in [5.41, 5.74) is 1.35. The summed E-state index contributed by atoms with van der Waals surface area (Å²) >= 11 is 0. The normalized spacial score (nSPS) is 19.0. The van der Waals surface area contributed by atoms with E-state index < -0.39 is 0 Å². The maximum Gasteiger partial charge on any atom is 0.124 e. The van der Waals surface area contributed by atoms with Crippen LogP contribution in [-0.4, -0.2) is 30.6 Å². The van der Waals surface area contributed by atoms with Gasteiger partial charge >= 0.3 is 0 Å². The van der Waals surface area contributed by atoms with Gasteiger partial charge in [0.1, 0.15) is 5.82 Å². The van der Waals surface area contributed by atoms with Gasteiger partial charge in [0.05, 0.1) is 11.6 Å². The van der Waals surface area contributed by atoms with Crippen LogP contribution >= 0.6 is 0 Å². The number of halogens is 1. The molecule has 3 nitrogen and oxygen atoms in total. The number of likely N-dealkylation sites (N-methyl/N-ethyl adjacent to an activating group) is 1. The van der Waals surface area contributed by atoms with Gasteiger partial charge < -0.3 is 5.32 Å². The highest BCUT2D eigenvalue weighted by atomic mass is 19.1. The van der Waals surface area contributed by atoms with Crippen molar-refractivity contribution in [2.75, 3.05) is 19.6 Å². The highest BCUT2D eigenvalue weighted by Crippen LogP contribution is 2.15. The molecule has 1 heterocycles. The molecular formula is C16H22FN3. The molecule has 0 saturated carbocycles. The number of hydrogen-bond acceptors (Lipinski definition) is 3. The lowest BCUT2D eigenvalue weighted by molar-refractivity contribution is 0.226. The summed E-state index contributed by atoms with van der Waals surface area (Å²) < 4.78 is 13.2. The number of rotatable bonds is 5. The summed E-state index contributed by atoms with van der Waals surface area (Å²) in [7, 11) is 0. The Bertz CT molecular complexity index is 475. The molecule has 0 aromatic heterocycles. The second-order valence-electron chi connectivity index (χ2n) is 5.39. The molecule has 1 N–H and O–H groups in total. The average Bonchev–Trinajstić information content (AvgIpc) is 2.49. The summed E-state index contributed by atoms with van der Waals surface area (Å²) in [4.78, 5) is 2.32. The molecule has 1 fully saturated rings. The van der Waals surface area contributed by atoms with Crippen LogP contribution in [0.3, 0.4) is 0 Å². The van der Waals surface area contributed by atoms with Crippen LogP contribution in [0, 0.1) is 17.1 Å². The largest absolute Gasteiger partial charge is 0.313 e. The fraction of sp³-hybridized carbons (Fsp3) is 0.562. The Kier molecular flexibility index (Phi) is 5.51. The molecule has 1 aromatic rings. The number of nitrogens with zero attached hydrogens (tertiary/aromatic N) is 2. The maximum atomic E-state index is 13.2. The first-order valence-electron chi connectivity index (χ1n) is 7.37. The molecule has 1 aromatic carbocycles. The van der Waals surface area contributed by atoms with Crippen LogP contribution in [0.15, 0.2) is 18.2 Å². The van der Waals surface area contributed by atoms with Crippen LogP contribution in [0.2, 0.25) is 0 Å². The molecule has 0 spiro atoms. The predicted molar refractivity (Wildman–Crippen MR) is 77.7 cm³/mol. The average molecular weight is 275 g/mol. The molecule has 1 aliphatic heterocycles. The van der Waals surface area contributed by atoms with Crippen molar-refractivity contribution in [3.05, 3.63) is 35.1 Å². The fourth-order valence-electron chi connectivity index (χ4n) is 2.73. The molecule has 0 bridgehead atoms. The number of piperidine rings is 1. The van der Waals surface area contributed by atoms with Crippen molar-refractivity contribution >= 4 is 0 Å². The monoisotopic (exact) mass is 275 g/mol. The van der Waals surface area contributed by atoms with Gasteiger partial charge in [-0.25, -0.2) is 4.39 Å². The summed E-state index contributed by atoms with van der Waals surface area (Å²) in [6.07, 6.45) is 3.76. The van der Waals surface area contributed by atoms with Gasteiger partial charge in [-0.1, -0.05) is 19.4 Å². The van der Waals surface area contributed by atoms with Gasteiger partial charge in [0.2, 0.25) is 0 Å². The molecule has 2 rings (SSSR count). The fourth-order valence-corrected chi connectivity index (χ4v) is 2.73. The molecule has 0 radical (unpaired) electrons. The SMILES string of the molecule is CCN(Cc1ccc(F)cc1C#N)CC1CCCCN1. The second-order valence-corrected chi connectivity index (χ2v) is 5.39. The molecular weight excluding hydrogens is 253 g/mol. The van der Waals surface area contributed by atoms with Crippen LogP contribution in [-0.2, 0) is 6.54 Å². The Balaban J connectivity index is 2.00. The van der Waals surface area contributed by atoms with Crippen molar-refractivity contribution < 1.29 is 4.39 Å². The predicted octanol–water partition coefficient (Wildman–Crippen LogP) is 2.66. The van der Waals surface area contributed by atoms with Crippen molar-refractivity contribution in [2.24, 2.45) is 0 Å². The third-order valence-electron chi connectivity index (χ3n) is 3.92. The van der Waals surface area contributed by atoms with Crippen molar-refractivity contribution in [3.8, 4) is 6.07 Å². The first kappa shape index (κ1) is 15.0. The number of nitriles is 1. The minimum absolute atomic E-state index is 0.345. The smallest absolute Gasteiger partial charge is 0.124 e. The number of nitrogens with one attached hydrogen (secondary N) is 1. The van der Waals surface area contributed by atoms with Gasteiger partial charge in [-0.3, -0.25) is 4.90 Å². The highest BCUT2D eigenvalue weighted by molar-refractivity contribution is 5.37. The van der Waals surface area contributed by atoms with Gasteiger partial charge in [-0.2, -0.15) is 5.26 Å². The molecule has 1 saturated heterocycles. The van der Waals surface area contributed by atoms with E-state index in [0.29, 0.717) is 18.2 Å². The van der Waals surface area contributed by atoms with E-state index in [0.717, 1.165) is 25.2 Å². The lowest BCUT2D eigenvalue weighted by atomic mass is 10.0. The quantitative estimate of drug-likeness (QED) is 0.898. The first-order chi connectivity index (χ1) is 9.72. The Morgan fingerprint density at radius 3 is 2.95 bits per heavy atom. The zero-order chi connectivity index (χ0) is 14.4. The zero-order valence-corrected chi connectivity index (χ0v) is 12.0. The molecule has 1 aliphatic rings. The third-order valence-corrected chi connectivity index (χ3v) is 3.92. The van der Waals surface area contributed by atoms with Crippen molar-refractivity contribution in [3.63, 3.8) is 0 Å². The molecule has 0 aliphatic carbocycles. The zero-order valence-electron chi connectivity index (χ0n) is 12.0. The minimum atomic E-state index is -0.345. The van der Waals surface area contributed by atoms with E-state index in [1.807, 2.05) is 0 Å². The second kappa shape index (κ2) is 7.37. The van der Waals surface area contributed by atoms with Gasteiger partial charge in [0, 0.05) is 19.1 Å². The topological polar surface area (TPSA) is 39.1 Å². The van der Waals surface area contributed by atoms with Crippen LogP contribution in [0.1, 0.15) is 37.3 Å². The number of hydrogen-bond donors (Lipinski definition) is 1. The van der Waals surface area contributed by atoms with Gasteiger partial charge in [-0.05, 0) is 43.6 Å². The van der Waals surface area contributed by atoms with Crippen LogP contribution in [0.4, 0.5) is 4.39 Å². The summed E-state index contributed by atoms with van der Waals surface area (Å²) in [5.74, 6) is -0.345. The van der Waals surface area contributed by atoms with E-state index in [1.165, 1.54) is 31.4 Å². The third kappa shape index (κ3) is 4.03. The molecule has 0 amide bonds. The van der Waals surface area contributed by atoms with E-state index in [-0.39, 0.29) is 5.82 Å². The maximum absolute atomic E-state index is 13.2. The van der Waals surface area contributed by atoms with Crippen LogP contribution < -0.4 is 5.32 Å². The van der Waals surface area contributed by atoms with Crippen LogP contribution in [0.25, 0.3) is 0 Å². The molecule has 1 atom stereocenters. The van der Waals surface area contributed by atoms with Gasteiger partial charge in [-0.15, -0.1) is 0 Å². The Morgan fingerprint density at radius 2 is 2.30 bits per heavy atom. The molecule has 4 heteroatoms.